The van der Waals surface area contributed by atoms with Gasteiger partial charge in [-0.3, -0.25) is 0 Å². The van der Waals surface area contributed by atoms with Crippen molar-refractivity contribution in [2.24, 2.45) is 5.92 Å². The molecule has 1 aromatic carbocycles. The molecular weight excluding hydrogens is 176 g/mol. The zero-order chi connectivity index (χ0) is 9.60. The average molecular weight is 190 g/mol. The van der Waals surface area contributed by atoms with E-state index in [9.17, 15) is 0 Å². The first-order valence-corrected chi connectivity index (χ1v) is 5.13. The monoisotopic (exact) mass is 190 g/mol. The van der Waals surface area contributed by atoms with Crippen LogP contribution in [0.4, 0.5) is 0 Å². The summed E-state index contributed by atoms with van der Waals surface area (Å²) >= 11 is 0. The second-order valence-electron chi connectivity index (χ2n) is 4.42. The van der Waals surface area contributed by atoms with Crippen LogP contribution in [0.1, 0.15) is 12.5 Å². The van der Waals surface area contributed by atoms with Crippen LogP contribution in [-0.2, 0) is 11.2 Å². The summed E-state index contributed by atoms with van der Waals surface area (Å²) in [6, 6.07) is 8.28. The van der Waals surface area contributed by atoms with Gasteiger partial charge in [0.25, 0.3) is 0 Å². The van der Waals surface area contributed by atoms with E-state index in [1.54, 1.807) is 0 Å². The molecule has 1 fully saturated rings. The molecule has 2 heterocycles. The maximum absolute atomic E-state index is 5.72. The molecule has 2 atom stereocenters. The summed E-state index contributed by atoms with van der Waals surface area (Å²) in [7, 11) is 0. The molecule has 0 bridgehead atoms. The second kappa shape index (κ2) is 2.74. The number of hydrogen-bond donors (Lipinski definition) is 0. The number of rotatable bonds is 1. The van der Waals surface area contributed by atoms with Crippen LogP contribution in [-0.4, -0.2) is 18.8 Å². The predicted octanol–water partition coefficient (Wildman–Crippen LogP) is 2.03. The van der Waals surface area contributed by atoms with E-state index in [2.05, 4.69) is 19.1 Å². The quantitative estimate of drug-likeness (QED) is 0.632. The van der Waals surface area contributed by atoms with E-state index in [-0.39, 0.29) is 5.60 Å². The Balaban J connectivity index is 1.86. The van der Waals surface area contributed by atoms with Gasteiger partial charge in [0.05, 0.1) is 18.8 Å². The molecule has 1 saturated heterocycles. The first-order valence-electron chi connectivity index (χ1n) is 5.13. The summed E-state index contributed by atoms with van der Waals surface area (Å²) in [5, 5.41) is 0. The van der Waals surface area contributed by atoms with E-state index < -0.39 is 0 Å². The smallest absolute Gasteiger partial charge is 0.122 e. The van der Waals surface area contributed by atoms with Gasteiger partial charge in [-0.1, -0.05) is 18.2 Å². The molecular formula is C12H14O2. The molecule has 2 unspecified atom stereocenters. The van der Waals surface area contributed by atoms with Gasteiger partial charge >= 0.3 is 0 Å². The van der Waals surface area contributed by atoms with Crippen molar-refractivity contribution in [3.05, 3.63) is 29.8 Å². The third-order valence-corrected chi connectivity index (χ3v) is 3.34. The Kier molecular flexibility index (Phi) is 1.62. The molecule has 74 valence electrons. The highest BCUT2D eigenvalue weighted by atomic mass is 16.6. The fourth-order valence-electron chi connectivity index (χ4n) is 2.07. The minimum atomic E-state index is 0.0908. The van der Waals surface area contributed by atoms with Crippen LogP contribution in [0, 0.1) is 5.92 Å². The van der Waals surface area contributed by atoms with Gasteiger partial charge in [-0.2, -0.15) is 0 Å². The lowest BCUT2D eigenvalue weighted by Crippen LogP contribution is -2.32. The minimum Gasteiger partial charge on any atom is -0.493 e. The summed E-state index contributed by atoms with van der Waals surface area (Å²) < 4.78 is 11.2. The van der Waals surface area contributed by atoms with Crippen LogP contribution in [0.3, 0.4) is 0 Å². The molecule has 0 radical (unpaired) electrons. The number of hydrogen-bond acceptors (Lipinski definition) is 2. The zero-order valence-electron chi connectivity index (χ0n) is 8.32. The number of epoxide rings is 1. The standard InChI is InChI=1S/C12H14O2/c1-12(8-14-12)10-6-9-4-2-3-5-11(9)13-7-10/h2-5,10H,6-8H2,1H3. The average Bonchev–Trinajstić information content (AvgIpc) is 2.97. The molecule has 0 spiro atoms. The van der Waals surface area contributed by atoms with E-state index in [0.29, 0.717) is 5.92 Å². The molecule has 0 aliphatic carbocycles. The van der Waals surface area contributed by atoms with Crippen molar-refractivity contribution in [3.63, 3.8) is 0 Å². The van der Waals surface area contributed by atoms with Crippen LogP contribution in [0.5, 0.6) is 5.75 Å². The van der Waals surface area contributed by atoms with Gasteiger partial charge < -0.3 is 9.47 Å². The van der Waals surface area contributed by atoms with Crippen molar-refractivity contribution in [2.75, 3.05) is 13.2 Å². The van der Waals surface area contributed by atoms with Crippen molar-refractivity contribution < 1.29 is 9.47 Å². The molecule has 1 aromatic rings. The molecule has 0 amide bonds. The molecule has 2 aliphatic rings. The second-order valence-corrected chi connectivity index (χ2v) is 4.42. The number of ether oxygens (including phenoxy) is 2. The Morgan fingerprint density at radius 1 is 1.36 bits per heavy atom. The Morgan fingerprint density at radius 3 is 2.93 bits per heavy atom. The number of para-hydroxylation sites is 1. The Hall–Kier alpha value is -1.02. The summed E-state index contributed by atoms with van der Waals surface area (Å²) in [5.74, 6) is 1.57. The largest absolute Gasteiger partial charge is 0.493 e. The van der Waals surface area contributed by atoms with Crippen LogP contribution < -0.4 is 4.74 Å². The van der Waals surface area contributed by atoms with E-state index >= 15 is 0 Å². The lowest BCUT2D eigenvalue weighted by Gasteiger charge is -2.27. The lowest BCUT2D eigenvalue weighted by molar-refractivity contribution is 0.141. The van der Waals surface area contributed by atoms with Gasteiger partial charge in [0, 0.05) is 5.92 Å². The van der Waals surface area contributed by atoms with Crippen molar-refractivity contribution in [1.29, 1.82) is 0 Å². The summed E-state index contributed by atoms with van der Waals surface area (Å²) in [6.45, 7) is 3.87. The van der Waals surface area contributed by atoms with E-state index in [4.69, 9.17) is 9.47 Å². The van der Waals surface area contributed by atoms with Gasteiger partial charge in [-0.15, -0.1) is 0 Å². The van der Waals surface area contributed by atoms with E-state index in [1.165, 1.54) is 5.56 Å². The molecule has 2 aliphatic heterocycles. The van der Waals surface area contributed by atoms with Crippen molar-refractivity contribution in [2.45, 2.75) is 18.9 Å². The topological polar surface area (TPSA) is 21.8 Å². The highest BCUT2D eigenvalue weighted by Crippen LogP contribution is 2.40. The van der Waals surface area contributed by atoms with Crippen LogP contribution in [0.15, 0.2) is 24.3 Å². The summed E-state index contributed by atoms with van der Waals surface area (Å²) in [6.07, 6.45) is 1.09. The molecule has 3 rings (SSSR count). The number of fused-ring (bicyclic) bond motifs is 1. The van der Waals surface area contributed by atoms with Gasteiger partial charge in [0.15, 0.2) is 0 Å². The molecule has 0 saturated carbocycles. The van der Waals surface area contributed by atoms with Crippen LogP contribution >= 0.6 is 0 Å². The Bertz CT molecular complexity index is 355. The van der Waals surface area contributed by atoms with Gasteiger partial charge in [0.1, 0.15) is 5.75 Å². The van der Waals surface area contributed by atoms with Gasteiger partial charge in [-0.05, 0) is 25.0 Å². The highest BCUT2D eigenvalue weighted by molar-refractivity contribution is 5.35. The van der Waals surface area contributed by atoms with Crippen molar-refractivity contribution >= 4 is 0 Å². The van der Waals surface area contributed by atoms with Crippen molar-refractivity contribution in [3.8, 4) is 5.75 Å². The zero-order valence-corrected chi connectivity index (χ0v) is 8.32. The molecule has 0 aromatic heterocycles. The minimum absolute atomic E-state index is 0.0908. The fraction of sp³-hybridized carbons (Fsp3) is 0.500. The third-order valence-electron chi connectivity index (χ3n) is 3.34. The predicted molar refractivity (Wildman–Crippen MR) is 53.5 cm³/mol. The van der Waals surface area contributed by atoms with Crippen LogP contribution in [0.25, 0.3) is 0 Å². The van der Waals surface area contributed by atoms with Crippen LogP contribution in [0.2, 0.25) is 0 Å². The summed E-state index contributed by atoms with van der Waals surface area (Å²) in [4.78, 5) is 0. The fourth-order valence-corrected chi connectivity index (χ4v) is 2.07. The maximum atomic E-state index is 5.72. The Morgan fingerprint density at radius 2 is 2.14 bits per heavy atom. The Labute approximate surface area is 83.8 Å². The first kappa shape index (κ1) is 8.30. The summed E-state index contributed by atoms with van der Waals surface area (Å²) in [5.41, 5.74) is 1.41. The highest BCUT2D eigenvalue weighted by Gasteiger charge is 2.48. The molecule has 2 heteroatoms. The first-order chi connectivity index (χ1) is 6.78. The van der Waals surface area contributed by atoms with Gasteiger partial charge in [0.2, 0.25) is 0 Å². The molecule has 14 heavy (non-hydrogen) atoms. The maximum Gasteiger partial charge on any atom is 0.122 e. The lowest BCUT2D eigenvalue weighted by atomic mass is 9.87. The number of benzene rings is 1. The molecule has 2 nitrogen and oxygen atoms in total. The molecule has 0 N–H and O–H groups in total. The third kappa shape index (κ3) is 1.22. The van der Waals surface area contributed by atoms with E-state index in [0.717, 1.165) is 25.4 Å². The van der Waals surface area contributed by atoms with E-state index in [1.807, 2.05) is 12.1 Å². The van der Waals surface area contributed by atoms with Crippen molar-refractivity contribution in [1.82, 2.24) is 0 Å². The van der Waals surface area contributed by atoms with Gasteiger partial charge in [-0.25, -0.2) is 0 Å². The normalized spacial score (nSPS) is 34.5. The SMILES string of the molecule is CC1(C2COc3ccccc3C2)CO1.